The number of nitrogens with one attached hydrogen (secondary N) is 1. The molecule has 0 atom stereocenters. The summed E-state index contributed by atoms with van der Waals surface area (Å²) in [5, 5.41) is 3.39. The minimum atomic E-state index is -0.335. The van der Waals surface area contributed by atoms with E-state index < -0.39 is 0 Å². The molecule has 31 heavy (non-hydrogen) atoms. The summed E-state index contributed by atoms with van der Waals surface area (Å²) in [5.41, 5.74) is 2.61. The Morgan fingerprint density at radius 3 is 2.71 bits per heavy atom. The standard InChI is InChI=1S/C24H20BrClFNO3/c1-15-19(26)7-5-9-21(15)28-23(29)11-10-16-12-18(25)24(22(13-16)30-2)31-14-17-6-3-4-8-20(17)27/h3-13H,14H2,1-2H3,(H,28,29)/b11-10+. The second kappa shape index (κ2) is 10.5. The highest BCUT2D eigenvalue weighted by Gasteiger charge is 2.13. The lowest BCUT2D eigenvalue weighted by molar-refractivity contribution is -0.111. The van der Waals surface area contributed by atoms with Gasteiger partial charge in [-0.25, -0.2) is 4.39 Å². The van der Waals surface area contributed by atoms with Crippen LogP contribution >= 0.6 is 27.5 Å². The van der Waals surface area contributed by atoms with Crippen molar-refractivity contribution in [2.75, 3.05) is 12.4 Å². The number of methoxy groups -OCH3 is 1. The SMILES string of the molecule is COc1cc(/C=C/C(=O)Nc2cccc(Cl)c2C)cc(Br)c1OCc1ccccc1F. The summed E-state index contributed by atoms with van der Waals surface area (Å²) in [4.78, 5) is 12.3. The van der Waals surface area contributed by atoms with E-state index in [1.165, 1.54) is 19.3 Å². The van der Waals surface area contributed by atoms with Crippen LogP contribution in [0.5, 0.6) is 11.5 Å². The summed E-state index contributed by atoms with van der Waals surface area (Å²) >= 11 is 9.55. The van der Waals surface area contributed by atoms with Crippen LogP contribution in [0.3, 0.4) is 0 Å². The number of halogens is 3. The molecule has 0 saturated heterocycles. The van der Waals surface area contributed by atoms with Crippen LogP contribution in [0.4, 0.5) is 10.1 Å². The van der Waals surface area contributed by atoms with Gasteiger partial charge in [-0.1, -0.05) is 35.9 Å². The van der Waals surface area contributed by atoms with Gasteiger partial charge in [-0.2, -0.15) is 0 Å². The van der Waals surface area contributed by atoms with Gasteiger partial charge in [0.15, 0.2) is 11.5 Å². The van der Waals surface area contributed by atoms with Crippen LogP contribution in [-0.4, -0.2) is 13.0 Å². The predicted octanol–water partition coefficient (Wildman–Crippen LogP) is 6.79. The van der Waals surface area contributed by atoms with Gasteiger partial charge < -0.3 is 14.8 Å². The fourth-order valence-corrected chi connectivity index (χ4v) is 3.58. The van der Waals surface area contributed by atoms with Gasteiger partial charge in [-0.3, -0.25) is 4.79 Å². The van der Waals surface area contributed by atoms with Crippen molar-refractivity contribution in [2.45, 2.75) is 13.5 Å². The minimum absolute atomic E-state index is 0.0538. The van der Waals surface area contributed by atoms with Gasteiger partial charge in [-0.15, -0.1) is 0 Å². The minimum Gasteiger partial charge on any atom is -0.493 e. The zero-order valence-electron chi connectivity index (χ0n) is 16.9. The number of rotatable bonds is 7. The van der Waals surface area contributed by atoms with Gasteiger partial charge in [0.1, 0.15) is 12.4 Å². The molecule has 0 aliphatic heterocycles. The Labute approximate surface area is 193 Å². The second-order valence-corrected chi connectivity index (χ2v) is 7.91. The number of carbonyl (C=O) groups is 1. The first kappa shape index (κ1) is 22.8. The Hall–Kier alpha value is -2.83. The van der Waals surface area contributed by atoms with Crippen LogP contribution in [0.25, 0.3) is 6.08 Å². The molecule has 3 aromatic rings. The molecule has 0 aliphatic carbocycles. The zero-order chi connectivity index (χ0) is 22.4. The molecule has 160 valence electrons. The molecular weight excluding hydrogens is 485 g/mol. The van der Waals surface area contributed by atoms with Crippen LogP contribution in [0, 0.1) is 12.7 Å². The summed E-state index contributed by atoms with van der Waals surface area (Å²) in [6, 6.07) is 15.3. The first-order valence-corrected chi connectivity index (χ1v) is 10.5. The van der Waals surface area contributed by atoms with Crippen molar-refractivity contribution in [3.8, 4) is 11.5 Å². The Bertz CT molecular complexity index is 1130. The predicted molar refractivity (Wildman–Crippen MR) is 125 cm³/mol. The van der Waals surface area contributed by atoms with Gasteiger partial charge >= 0.3 is 0 Å². The molecule has 3 aromatic carbocycles. The van der Waals surface area contributed by atoms with Gasteiger partial charge in [0.05, 0.1) is 11.6 Å². The largest absolute Gasteiger partial charge is 0.493 e. The third-order valence-corrected chi connectivity index (χ3v) is 5.53. The molecule has 4 nitrogen and oxygen atoms in total. The quantitative estimate of drug-likeness (QED) is 0.360. The van der Waals surface area contributed by atoms with Crippen LogP contribution in [-0.2, 0) is 11.4 Å². The van der Waals surface area contributed by atoms with Crippen molar-refractivity contribution in [3.05, 3.63) is 92.7 Å². The monoisotopic (exact) mass is 503 g/mol. The topological polar surface area (TPSA) is 47.6 Å². The summed E-state index contributed by atoms with van der Waals surface area (Å²) in [6.07, 6.45) is 3.07. The average Bonchev–Trinajstić information content (AvgIpc) is 2.75. The first-order chi connectivity index (χ1) is 14.9. The Kier molecular flexibility index (Phi) is 7.71. The molecule has 0 radical (unpaired) electrons. The van der Waals surface area contributed by atoms with Crippen molar-refractivity contribution >= 4 is 45.2 Å². The molecule has 1 amide bonds. The van der Waals surface area contributed by atoms with E-state index in [1.807, 2.05) is 6.92 Å². The molecule has 0 spiro atoms. The van der Waals surface area contributed by atoms with E-state index in [1.54, 1.807) is 54.6 Å². The molecule has 0 saturated carbocycles. The van der Waals surface area contributed by atoms with E-state index in [0.29, 0.717) is 32.2 Å². The number of hydrogen-bond donors (Lipinski definition) is 1. The summed E-state index contributed by atoms with van der Waals surface area (Å²) in [6.45, 7) is 1.89. The van der Waals surface area contributed by atoms with Crippen molar-refractivity contribution < 1.29 is 18.7 Å². The maximum absolute atomic E-state index is 13.8. The lowest BCUT2D eigenvalue weighted by Crippen LogP contribution is -2.09. The Morgan fingerprint density at radius 1 is 1.19 bits per heavy atom. The number of carbonyl (C=O) groups excluding carboxylic acids is 1. The van der Waals surface area contributed by atoms with Crippen molar-refractivity contribution in [1.82, 2.24) is 0 Å². The molecule has 0 aromatic heterocycles. The van der Waals surface area contributed by atoms with Gasteiger partial charge in [-0.05, 0) is 70.4 Å². The van der Waals surface area contributed by atoms with Gasteiger partial charge in [0, 0.05) is 22.3 Å². The molecule has 7 heteroatoms. The zero-order valence-corrected chi connectivity index (χ0v) is 19.3. The lowest BCUT2D eigenvalue weighted by atomic mass is 10.1. The maximum atomic E-state index is 13.8. The number of amides is 1. The van der Waals surface area contributed by atoms with Gasteiger partial charge in [0.2, 0.25) is 5.91 Å². The molecule has 0 bridgehead atoms. The highest BCUT2D eigenvalue weighted by molar-refractivity contribution is 9.10. The number of benzene rings is 3. The van der Waals surface area contributed by atoms with Crippen LogP contribution in [0.1, 0.15) is 16.7 Å². The smallest absolute Gasteiger partial charge is 0.248 e. The van der Waals surface area contributed by atoms with E-state index in [9.17, 15) is 9.18 Å². The Morgan fingerprint density at radius 2 is 1.97 bits per heavy atom. The van der Waals surface area contributed by atoms with E-state index in [0.717, 1.165) is 11.1 Å². The molecule has 0 heterocycles. The summed E-state index contributed by atoms with van der Waals surface area (Å²) in [5.74, 6) is 0.275. The van der Waals surface area contributed by atoms with E-state index in [4.69, 9.17) is 21.1 Å². The third kappa shape index (κ3) is 5.87. The van der Waals surface area contributed by atoms with Crippen LogP contribution < -0.4 is 14.8 Å². The average molecular weight is 505 g/mol. The van der Waals surface area contributed by atoms with Crippen molar-refractivity contribution in [3.63, 3.8) is 0 Å². The van der Waals surface area contributed by atoms with E-state index in [-0.39, 0.29) is 18.3 Å². The van der Waals surface area contributed by atoms with E-state index in [2.05, 4.69) is 21.2 Å². The lowest BCUT2D eigenvalue weighted by Gasteiger charge is -2.14. The summed E-state index contributed by atoms with van der Waals surface area (Å²) in [7, 11) is 1.51. The fourth-order valence-electron chi connectivity index (χ4n) is 2.83. The molecule has 1 N–H and O–H groups in total. The summed E-state index contributed by atoms with van der Waals surface area (Å²) < 4.78 is 25.7. The van der Waals surface area contributed by atoms with E-state index >= 15 is 0 Å². The second-order valence-electron chi connectivity index (χ2n) is 6.65. The van der Waals surface area contributed by atoms with Crippen molar-refractivity contribution in [2.24, 2.45) is 0 Å². The fraction of sp³-hybridized carbons (Fsp3) is 0.125. The normalized spacial score (nSPS) is 10.9. The highest BCUT2D eigenvalue weighted by Crippen LogP contribution is 2.37. The molecule has 3 rings (SSSR count). The third-order valence-electron chi connectivity index (χ3n) is 4.53. The number of ether oxygens (including phenoxy) is 2. The van der Waals surface area contributed by atoms with Gasteiger partial charge in [0.25, 0.3) is 0 Å². The molecular formula is C24H20BrClFNO3. The van der Waals surface area contributed by atoms with Crippen LogP contribution in [0.2, 0.25) is 5.02 Å². The van der Waals surface area contributed by atoms with Crippen molar-refractivity contribution in [1.29, 1.82) is 0 Å². The number of hydrogen-bond acceptors (Lipinski definition) is 3. The molecule has 0 unspecified atom stereocenters. The molecule has 0 fully saturated rings. The highest BCUT2D eigenvalue weighted by atomic mass is 79.9. The Balaban J connectivity index is 1.73. The molecule has 0 aliphatic rings. The first-order valence-electron chi connectivity index (χ1n) is 9.37. The number of anilines is 1. The maximum Gasteiger partial charge on any atom is 0.248 e. The van der Waals surface area contributed by atoms with Crippen LogP contribution in [0.15, 0.2) is 65.1 Å².